The molecule has 0 bridgehead atoms. The summed E-state index contributed by atoms with van der Waals surface area (Å²) in [5.41, 5.74) is 1.25. The fourth-order valence-electron chi connectivity index (χ4n) is 2.13. The predicted molar refractivity (Wildman–Crippen MR) is 76.1 cm³/mol. The zero-order valence-electron chi connectivity index (χ0n) is 11.7. The molecule has 2 heterocycles. The van der Waals surface area contributed by atoms with Crippen LogP contribution in [0.1, 0.15) is 22.1 Å². The maximum Gasteiger partial charge on any atom is 0.273 e. The molecule has 1 saturated heterocycles. The summed E-state index contributed by atoms with van der Waals surface area (Å²) in [7, 11) is 1.61. The number of hydrogen-bond donors (Lipinski definition) is 2. The van der Waals surface area contributed by atoms with E-state index in [4.69, 9.17) is 4.74 Å². The molecule has 1 aromatic carbocycles. The Morgan fingerprint density at radius 3 is 3.00 bits per heavy atom. The van der Waals surface area contributed by atoms with Crippen LogP contribution in [0.2, 0.25) is 0 Å². The van der Waals surface area contributed by atoms with E-state index in [1.165, 1.54) is 0 Å². The second-order valence-electron chi connectivity index (χ2n) is 4.89. The summed E-state index contributed by atoms with van der Waals surface area (Å²) in [5.74, 6) is 0.515. The molecule has 0 atom stereocenters. The summed E-state index contributed by atoms with van der Waals surface area (Å²) in [6, 6.07) is 7.87. The summed E-state index contributed by atoms with van der Waals surface area (Å²) in [5, 5.41) is 13.9. The number of benzene rings is 1. The topological polar surface area (TPSA) is 81.1 Å². The molecule has 2 aromatic rings. The van der Waals surface area contributed by atoms with Crippen molar-refractivity contribution in [3.8, 4) is 5.75 Å². The quantitative estimate of drug-likeness (QED) is 0.830. The van der Waals surface area contributed by atoms with Gasteiger partial charge in [0, 0.05) is 25.2 Å². The van der Waals surface area contributed by atoms with Crippen LogP contribution in [0.5, 0.6) is 5.75 Å². The first-order valence-corrected chi connectivity index (χ1v) is 6.80. The van der Waals surface area contributed by atoms with Crippen LogP contribution in [0, 0.1) is 0 Å². The molecule has 0 radical (unpaired) electrons. The first-order chi connectivity index (χ1) is 10.3. The van der Waals surface area contributed by atoms with Gasteiger partial charge in [-0.3, -0.25) is 4.79 Å². The number of carbonyl (C=O) groups excluding carboxylic acids is 1. The van der Waals surface area contributed by atoms with Crippen molar-refractivity contribution in [3.63, 3.8) is 0 Å². The normalized spacial score (nSPS) is 14.5. The number of carbonyl (C=O) groups is 1. The number of methoxy groups -OCH3 is 1. The maximum atomic E-state index is 12.1. The van der Waals surface area contributed by atoms with E-state index in [2.05, 4.69) is 20.9 Å². The Labute approximate surface area is 122 Å². The largest absolute Gasteiger partial charge is 0.496 e. The van der Waals surface area contributed by atoms with Crippen molar-refractivity contribution in [3.05, 3.63) is 41.7 Å². The van der Waals surface area contributed by atoms with Crippen LogP contribution in [0.25, 0.3) is 0 Å². The van der Waals surface area contributed by atoms with Gasteiger partial charge in [-0.15, -0.1) is 5.10 Å². The number of amides is 1. The number of ether oxygens (including phenoxy) is 1. The Bertz CT molecular complexity index is 636. The second kappa shape index (κ2) is 5.92. The van der Waals surface area contributed by atoms with Gasteiger partial charge >= 0.3 is 0 Å². The van der Waals surface area contributed by atoms with Crippen LogP contribution in [-0.4, -0.2) is 41.1 Å². The third kappa shape index (κ3) is 2.87. The minimum absolute atomic E-state index is 0.237. The fraction of sp³-hybridized carbons (Fsp3) is 0.357. The molecule has 1 aliphatic heterocycles. The smallest absolute Gasteiger partial charge is 0.273 e. The predicted octanol–water partition coefficient (Wildman–Crippen LogP) is 0.361. The van der Waals surface area contributed by atoms with Crippen molar-refractivity contribution in [1.82, 2.24) is 25.6 Å². The van der Waals surface area contributed by atoms with Gasteiger partial charge in [-0.1, -0.05) is 23.4 Å². The van der Waals surface area contributed by atoms with Gasteiger partial charge in [0.1, 0.15) is 5.75 Å². The van der Waals surface area contributed by atoms with Gasteiger partial charge in [0.15, 0.2) is 5.69 Å². The standard InChI is InChI=1S/C14H17N5O2/c1-21-13-5-3-2-4-10(13)6-16-14(20)12-9-19(18-17-12)11-7-15-8-11/h2-5,9,11,15H,6-8H2,1H3,(H,16,20). The first-order valence-electron chi connectivity index (χ1n) is 6.80. The molecule has 110 valence electrons. The van der Waals surface area contributed by atoms with E-state index in [1.807, 2.05) is 24.3 Å². The minimum Gasteiger partial charge on any atom is -0.496 e. The summed E-state index contributed by atoms with van der Waals surface area (Å²) < 4.78 is 6.98. The number of nitrogens with zero attached hydrogens (tertiary/aromatic N) is 3. The van der Waals surface area contributed by atoms with E-state index in [1.54, 1.807) is 18.0 Å². The lowest BCUT2D eigenvalue weighted by Crippen LogP contribution is -2.43. The van der Waals surface area contributed by atoms with E-state index < -0.39 is 0 Å². The highest BCUT2D eigenvalue weighted by Crippen LogP contribution is 2.17. The van der Waals surface area contributed by atoms with Crippen LogP contribution in [0.15, 0.2) is 30.5 Å². The molecule has 1 fully saturated rings. The van der Waals surface area contributed by atoms with E-state index in [0.29, 0.717) is 18.3 Å². The molecular formula is C14H17N5O2. The highest BCUT2D eigenvalue weighted by Gasteiger charge is 2.21. The van der Waals surface area contributed by atoms with E-state index >= 15 is 0 Å². The molecule has 0 saturated carbocycles. The van der Waals surface area contributed by atoms with Crippen LogP contribution in [-0.2, 0) is 6.54 Å². The molecule has 2 N–H and O–H groups in total. The monoisotopic (exact) mass is 287 g/mol. The molecule has 1 aliphatic rings. The Morgan fingerprint density at radius 1 is 1.48 bits per heavy atom. The summed E-state index contributed by atoms with van der Waals surface area (Å²) in [6.45, 7) is 2.12. The van der Waals surface area contributed by atoms with Gasteiger partial charge in [-0.25, -0.2) is 4.68 Å². The van der Waals surface area contributed by atoms with E-state index in [9.17, 15) is 4.79 Å². The van der Waals surface area contributed by atoms with Gasteiger partial charge in [-0.05, 0) is 6.07 Å². The zero-order chi connectivity index (χ0) is 14.7. The van der Waals surface area contributed by atoms with Gasteiger partial charge in [0.25, 0.3) is 5.91 Å². The SMILES string of the molecule is COc1ccccc1CNC(=O)c1cn(C2CNC2)nn1. The highest BCUT2D eigenvalue weighted by atomic mass is 16.5. The second-order valence-corrected chi connectivity index (χ2v) is 4.89. The molecule has 1 aromatic heterocycles. The third-order valence-electron chi connectivity index (χ3n) is 3.51. The van der Waals surface area contributed by atoms with Crippen LogP contribution in [0.3, 0.4) is 0 Å². The van der Waals surface area contributed by atoms with Crippen LogP contribution >= 0.6 is 0 Å². The Kier molecular flexibility index (Phi) is 3.83. The molecule has 21 heavy (non-hydrogen) atoms. The van der Waals surface area contributed by atoms with Crippen LogP contribution < -0.4 is 15.4 Å². The summed E-state index contributed by atoms with van der Waals surface area (Å²) in [4.78, 5) is 12.1. The third-order valence-corrected chi connectivity index (χ3v) is 3.51. The van der Waals surface area contributed by atoms with Gasteiger partial charge in [-0.2, -0.15) is 0 Å². The van der Waals surface area contributed by atoms with Crippen molar-refractivity contribution in [2.75, 3.05) is 20.2 Å². The minimum atomic E-state index is -0.237. The fourth-order valence-corrected chi connectivity index (χ4v) is 2.13. The molecule has 1 amide bonds. The number of nitrogens with one attached hydrogen (secondary N) is 2. The van der Waals surface area contributed by atoms with E-state index in [0.717, 1.165) is 24.4 Å². The van der Waals surface area contributed by atoms with Gasteiger partial charge in [0.2, 0.25) is 0 Å². The molecular weight excluding hydrogens is 270 g/mol. The van der Waals surface area contributed by atoms with Crippen molar-refractivity contribution in [2.45, 2.75) is 12.6 Å². The van der Waals surface area contributed by atoms with Crippen molar-refractivity contribution in [2.24, 2.45) is 0 Å². The average molecular weight is 287 g/mol. The van der Waals surface area contributed by atoms with Gasteiger partial charge in [0.05, 0.1) is 19.3 Å². The lowest BCUT2D eigenvalue weighted by Gasteiger charge is -2.26. The van der Waals surface area contributed by atoms with Crippen molar-refractivity contribution in [1.29, 1.82) is 0 Å². The first kappa shape index (κ1) is 13.6. The lowest BCUT2D eigenvalue weighted by atomic mass is 10.2. The number of hydrogen-bond acceptors (Lipinski definition) is 5. The molecule has 0 unspecified atom stereocenters. The Balaban J connectivity index is 1.62. The van der Waals surface area contributed by atoms with Gasteiger partial charge < -0.3 is 15.4 Å². The Morgan fingerprint density at radius 2 is 2.29 bits per heavy atom. The zero-order valence-corrected chi connectivity index (χ0v) is 11.7. The summed E-state index contributed by atoms with van der Waals surface area (Å²) >= 11 is 0. The maximum absolute atomic E-state index is 12.1. The molecule has 7 heteroatoms. The molecule has 7 nitrogen and oxygen atoms in total. The molecule has 0 spiro atoms. The van der Waals surface area contributed by atoms with Crippen molar-refractivity contribution >= 4 is 5.91 Å². The molecule has 3 rings (SSSR count). The van der Waals surface area contributed by atoms with E-state index in [-0.39, 0.29) is 5.91 Å². The molecule has 0 aliphatic carbocycles. The number of aromatic nitrogens is 3. The number of rotatable bonds is 5. The summed E-state index contributed by atoms with van der Waals surface area (Å²) in [6.07, 6.45) is 1.68. The van der Waals surface area contributed by atoms with Crippen molar-refractivity contribution < 1.29 is 9.53 Å². The number of para-hydroxylation sites is 1. The van der Waals surface area contributed by atoms with Crippen LogP contribution in [0.4, 0.5) is 0 Å². The average Bonchev–Trinajstić information content (AvgIpc) is 2.92. The lowest BCUT2D eigenvalue weighted by molar-refractivity contribution is 0.0945. The Hall–Kier alpha value is -2.41. The highest BCUT2D eigenvalue weighted by molar-refractivity contribution is 5.91.